The van der Waals surface area contributed by atoms with Crippen LogP contribution in [-0.2, 0) is 5.41 Å². The maximum Gasteiger partial charge on any atom is 0.232 e. The molecule has 1 aromatic rings. The van der Waals surface area contributed by atoms with E-state index < -0.39 is 0 Å². The minimum Gasteiger partial charge on any atom is -0.339 e. The highest BCUT2D eigenvalue weighted by Gasteiger charge is 2.44. The van der Waals surface area contributed by atoms with Gasteiger partial charge in [-0.15, -0.1) is 0 Å². The second-order valence-electron chi connectivity index (χ2n) is 3.21. The minimum atomic E-state index is 0.223. The Labute approximate surface area is 73.2 Å². The van der Waals surface area contributed by atoms with Gasteiger partial charge in [-0.25, -0.2) is 0 Å². The first-order chi connectivity index (χ1) is 5.71. The van der Waals surface area contributed by atoms with Gasteiger partial charge in [0.2, 0.25) is 5.89 Å². The molecule has 1 saturated carbocycles. The maximum atomic E-state index is 5.03. The van der Waals surface area contributed by atoms with E-state index in [1.165, 1.54) is 12.8 Å². The van der Waals surface area contributed by atoms with E-state index in [4.69, 9.17) is 4.52 Å². The van der Waals surface area contributed by atoms with Crippen molar-refractivity contribution >= 4 is 0 Å². The number of aromatic nitrogens is 2. The largest absolute Gasteiger partial charge is 0.339 e. The molecule has 0 aromatic carbocycles. The lowest BCUT2D eigenvalue weighted by Gasteiger charge is -1.96. The number of nitrogens with zero attached hydrogens (tertiary/aromatic N) is 2. The first kappa shape index (κ1) is 9.23. The zero-order valence-corrected chi connectivity index (χ0v) is 8.22. The van der Waals surface area contributed by atoms with Crippen LogP contribution >= 0.6 is 0 Å². The second-order valence-corrected chi connectivity index (χ2v) is 3.21. The summed E-state index contributed by atoms with van der Waals surface area (Å²) in [6, 6.07) is 0. The molecule has 1 heterocycles. The Morgan fingerprint density at radius 1 is 1.33 bits per heavy atom. The summed E-state index contributed by atoms with van der Waals surface area (Å²) in [6.07, 6.45) is 2.38. The predicted octanol–water partition coefficient (Wildman–Crippen LogP) is 2.46. The fraction of sp³-hybridized carbons (Fsp3) is 0.778. The molecule has 1 fully saturated rings. The van der Waals surface area contributed by atoms with Crippen molar-refractivity contribution in [1.82, 2.24) is 10.1 Å². The number of aryl methyl sites for hydroxylation is 1. The smallest absolute Gasteiger partial charge is 0.232 e. The van der Waals surface area contributed by atoms with Crippen molar-refractivity contribution in [3.05, 3.63) is 11.7 Å². The van der Waals surface area contributed by atoms with Gasteiger partial charge in [-0.3, -0.25) is 0 Å². The van der Waals surface area contributed by atoms with Crippen molar-refractivity contribution in [1.29, 1.82) is 0 Å². The van der Waals surface area contributed by atoms with Crippen LogP contribution in [0.2, 0.25) is 0 Å². The summed E-state index contributed by atoms with van der Waals surface area (Å²) < 4.78 is 5.03. The first-order valence-electron chi connectivity index (χ1n) is 4.51. The Kier molecular flexibility index (Phi) is 2.50. The lowest BCUT2D eigenvalue weighted by atomic mass is 10.1. The lowest BCUT2D eigenvalue weighted by molar-refractivity contribution is 0.350. The van der Waals surface area contributed by atoms with Crippen LogP contribution in [0.15, 0.2) is 4.52 Å². The van der Waals surface area contributed by atoms with Gasteiger partial charge in [0.05, 0.1) is 0 Å². The molecule has 0 unspecified atom stereocenters. The normalized spacial score (nSPS) is 18.0. The molecule has 1 aromatic heterocycles. The fourth-order valence-corrected chi connectivity index (χ4v) is 0.944. The summed E-state index contributed by atoms with van der Waals surface area (Å²) >= 11 is 0. The Bertz CT molecular complexity index is 251. The molecule has 3 heteroatoms. The van der Waals surface area contributed by atoms with E-state index in [2.05, 4.69) is 17.1 Å². The highest BCUT2D eigenvalue weighted by atomic mass is 16.5. The molecule has 12 heavy (non-hydrogen) atoms. The molecule has 0 spiro atoms. The highest BCUT2D eigenvalue weighted by molar-refractivity contribution is 5.12. The average molecular weight is 168 g/mol. The molecule has 0 bridgehead atoms. The molecule has 0 aliphatic heterocycles. The topological polar surface area (TPSA) is 38.9 Å². The highest BCUT2D eigenvalue weighted by Crippen LogP contribution is 2.46. The van der Waals surface area contributed by atoms with E-state index in [-0.39, 0.29) is 5.41 Å². The quantitative estimate of drug-likeness (QED) is 0.646. The average Bonchev–Trinajstić information content (AvgIpc) is 2.66. The van der Waals surface area contributed by atoms with Crippen molar-refractivity contribution in [3.63, 3.8) is 0 Å². The number of rotatable bonds is 1. The van der Waals surface area contributed by atoms with Crippen molar-refractivity contribution in [3.8, 4) is 0 Å². The summed E-state index contributed by atoms with van der Waals surface area (Å²) in [5.74, 6) is 1.55. The molecule has 2 rings (SSSR count). The predicted molar refractivity (Wildman–Crippen MR) is 47.0 cm³/mol. The third kappa shape index (κ3) is 1.65. The Morgan fingerprint density at radius 3 is 2.25 bits per heavy atom. The fourth-order valence-electron chi connectivity index (χ4n) is 0.944. The Hall–Kier alpha value is -0.860. The van der Waals surface area contributed by atoms with Crippen LogP contribution in [0.3, 0.4) is 0 Å². The standard InChI is InChI=1S/C7H10N2O.C2H6/c1-5-8-6(10-9-5)7(2)3-4-7;1-2/h3-4H2,1-2H3;1-2H3. The summed E-state index contributed by atoms with van der Waals surface area (Å²) in [5.41, 5.74) is 0.223. The number of hydrogen-bond acceptors (Lipinski definition) is 3. The molecular weight excluding hydrogens is 152 g/mol. The van der Waals surface area contributed by atoms with Crippen LogP contribution in [0.5, 0.6) is 0 Å². The molecule has 0 atom stereocenters. The van der Waals surface area contributed by atoms with E-state index >= 15 is 0 Å². The lowest BCUT2D eigenvalue weighted by Crippen LogP contribution is -1.99. The third-order valence-electron chi connectivity index (χ3n) is 2.04. The van der Waals surface area contributed by atoms with Gasteiger partial charge in [-0.2, -0.15) is 4.98 Å². The van der Waals surface area contributed by atoms with Gasteiger partial charge < -0.3 is 4.52 Å². The summed E-state index contributed by atoms with van der Waals surface area (Å²) in [5, 5.41) is 3.74. The molecule has 0 N–H and O–H groups in total. The van der Waals surface area contributed by atoms with Crippen LogP contribution < -0.4 is 0 Å². The monoisotopic (exact) mass is 168 g/mol. The second kappa shape index (κ2) is 3.25. The van der Waals surface area contributed by atoms with Crippen LogP contribution in [0, 0.1) is 6.92 Å². The van der Waals surface area contributed by atoms with Gasteiger partial charge in [0.15, 0.2) is 5.82 Å². The molecule has 0 amide bonds. The van der Waals surface area contributed by atoms with E-state index in [1.807, 2.05) is 20.8 Å². The Morgan fingerprint density at radius 2 is 1.92 bits per heavy atom. The van der Waals surface area contributed by atoms with Crippen LogP contribution in [-0.4, -0.2) is 10.1 Å². The maximum absolute atomic E-state index is 5.03. The first-order valence-corrected chi connectivity index (χ1v) is 4.51. The van der Waals surface area contributed by atoms with Crippen molar-refractivity contribution in [2.24, 2.45) is 0 Å². The van der Waals surface area contributed by atoms with Crippen molar-refractivity contribution in [2.75, 3.05) is 0 Å². The zero-order valence-electron chi connectivity index (χ0n) is 8.22. The van der Waals surface area contributed by atoms with Crippen molar-refractivity contribution in [2.45, 2.75) is 46.0 Å². The van der Waals surface area contributed by atoms with Crippen LogP contribution in [0.1, 0.15) is 45.3 Å². The summed E-state index contributed by atoms with van der Waals surface area (Å²) in [7, 11) is 0. The van der Waals surface area contributed by atoms with Crippen LogP contribution in [0.4, 0.5) is 0 Å². The van der Waals surface area contributed by atoms with Crippen LogP contribution in [0.25, 0.3) is 0 Å². The van der Waals surface area contributed by atoms with Gasteiger partial charge in [-0.1, -0.05) is 25.9 Å². The zero-order chi connectivity index (χ0) is 9.19. The van der Waals surface area contributed by atoms with E-state index in [0.29, 0.717) is 0 Å². The SMILES string of the molecule is CC.Cc1noc(C2(C)CC2)n1. The molecule has 3 nitrogen and oxygen atoms in total. The molecule has 68 valence electrons. The Balaban J connectivity index is 0.000000336. The molecule has 1 aliphatic rings. The molecule has 1 aliphatic carbocycles. The molecule has 0 saturated heterocycles. The third-order valence-corrected chi connectivity index (χ3v) is 2.04. The van der Waals surface area contributed by atoms with Gasteiger partial charge in [-0.05, 0) is 19.8 Å². The van der Waals surface area contributed by atoms with Gasteiger partial charge >= 0.3 is 0 Å². The van der Waals surface area contributed by atoms with E-state index in [0.717, 1.165) is 11.7 Å². The summed E-state index contributed by atoms with van der Waals surface area (Å²) in [6.45, 7) is 8.00. The van der Waals surface area contributed by atoms with Gasteiger partial charge in [0, 0.05) is 5.41 Å². The van der Waals surface area contributed by atoms with Crippen molar-refractivity contribution < 1.29 is 4.52 Å². The van der Waals surface area contributed by atoms with Gasteiger partial charge in [0.25, 0.3) is 0 Å². The van der Waals surface area contributed by atoms with Gasteiger partial charge in [0.1, 0.15) is 0 Å². The molecule has 0 radical (unpaired) electrons. The number of hydrogen-bond donors (Lipinski definition) is 0. The van der Waals surface area contributed by atoms with E-state index in [1.54, 1.807) is 0 Å². The molecular formula is C9H16N2O. The minimum absolute atomic E-state index is 0.223. The van der Waals surface area contributed by atoms with E-state index in [9.17, 15) is 0 Å². The summed E-state index contributed by atoms with van der Waals surface area (Å²) in [4.78, 5) is 4.17.